The average molecular weight is 426 g/mol. The molecule has 7 nitrogen and oxygen atoms in total. The molecule has 2 aromatic carbocycles. The number of carbonyl (C=O) groups is 1. The molecule has 8 heteroatoms. The van der Waals surface area contributed by atoms with Gasteiger partial charge in [-0.05, 0) is 55.5 Å². The Morgan fingerprint density at radius 1 is 1.17 bits per heavy atom. The number of aryl methyl sites for hydroxylation is 3. The maximum absolute atomic E-state index is 13.7. The fourth-order valence-corrected chi connectivity index (χ4v) is 5.65. The lowest BCUT2D eigenvalue weighted by molar-refractivity contribution is -0.114. The third kappa shape index (κ3) is 3.47. The molecule has 0 saturated carbocycles. The van der Waals surface area contributed by atoms with Crippen molar-refractivity contribution in [2.75, 3.05) is 16.2 Å². The second-order valence-electron chi connectivity index (χ2n) is 7.44. The number of aromatic nitrogens is 1. The second-order valence-corrected chi connectivity index (χ2v) is 9.27. The van der Waals surface area contributed by atoms with Crippen molar-refractivity contribution in [3.8, 4) is 11.1 Å². The molecule has 0 atom stereocenters. The van der Waals surface area contributed by atoms with Crippen LogP contribution < -0.4 is 9.62 Å². The molecular formula is C22H23N3O4S. The predicted octanol–water partition coefficient (Wildman–Crippen LogP) is 4.06. The minimum Gasteiger partial charge on any atom is -0.337 e. The molecule has 0 spiro atoms. The number of fused-ring (bicyclic) bond motifs is 1. The third-order valence-corrected chi connectivity index (χ3v) is 7.22. The smallest absolute Gasteiger partial charge is 0.264 e. The number of hydrogen-bond acceptors (Lipinski definition) is 5. The van der Waals surface area contributed by atoms with Gasteiger partial charge < -0.3 is 4.52 Å². The van der Waals surface area contributed by atoms with Gasteiger partial charge in [-0.2, -0.15) is 0 Å². The SMILES string of the molecule is CC(=O)Nc1onc(C)c1-c1ccc(C)c(S(=O)(=O)N2CCCc3ccccc32)c1. The zero-order valence-corrected chi connectivity index (χ0v) is 17.9. The van der Waals surface area contributed by atoms with E-state index >= 15 is 0 Å². The van der Waals surface area contributed by atoms with Gasteiger partial charge in [0.25, 0.3) is 10.0 Å². The third-order valence-electron chi connectivity index (χ3n) is 5.26. The molecule has 0 saturated heterocycles. The first-order chi connectivity index (χ1) is 14.3. The van der Waals surface area contributed by atoms with Crippen molar-refractivity contribution in [1.82, 2.24) is 5.16 Å². The zero-order chi connectivity index (χ0) is 21.5. The van der Waals surface area contributed by atoms with Crippen LogP contribution in [0.4, 0.5) is 11.6 Å². The van der Waals surface area contributed by atoms with Crippen LogP contribution in [0, 0.1) is 13.8 Å². The van der Waals surface area contributed by atoms with Gasteiger partial charge in [-0.25, -0.2) is 8.42 Å². The highest BCUT2D eigenvalue weighted by Gasteiger charge is 2.31. The molecule has 0 bridgehead atoms. The predicted molar refractivity (Wildman–Crippen MR) is 115 cm³/mol. The summed E-state index contributed by atoms with van der Waals surface area (Å²) >= 11 is 0. The summed E-state index contributed by atoms with van der Waals surface area (Å²) in [6.45, 7) is 5.34. The van der Waals surface area contributed by atoms with Crippen LogP contribution in [0.1, 0.15) is 30.2 Å². The number of amides is 1. The maximum Gasteiger partial charge on any atom is 0.264 e. The number of hydrogen-bond donors (Lipinski definition) is 1. The van der Waals surface area contributed by atoms with Crippen molar-refractivity contribution in [3.05, 3.63) is 59.3 Å². The first kappa shape index (κ1) is 20.2. The molecule has 0 radical (unpaired) electrons. The number of benzene rings is 2. The van der Waals surface area contributed by atoms with Gasteiger partial charge in [-0.15, -0.1) is 0 Å². The van der Waals surface area contributed by atoms with Gasteiger partial charge in [0.1, 0.15) is 0 Å². The van der Waals surface area contributed by atoms with E-state index < -0.39 is 10.0 Å². The fraction of sp³-hybridized carbons (Fsp3) is 0.273. The van der Waals surface area contributed by atoms with Gasteiger partial charge in [0.05, 0.1) is 21.8 Å². The van der Waals surface area contributed by atoms with E-state index in [4.69, 9.17) is 4.52 Å². The molecule has 1 N–H and O–H groups in total. The summed E-state index contributed by atoms with van der Waals surface area (Å²) < 4.78 is 34.0. The first-order valence-electron chi connectivity index (χ1n) is 9.74. The highest BCUT2D eigenvalue weighted by atomic mass is 32.2. The van der Waals surface area contributed by atoms with Gasteiger partial charge in [-0.1, -0.05) is 35.5 Å². The Hall–Kier alpha value is -3.13. The Kier molecular flexibility index (Phi) is 5.11. The molecule has 3 aromatic rings. The van der Waals surface area contributed by atoms with Crippen LogP contribution >= 0.6 is 0 Å². The summed E-state index contributed by atoms with van der Waals surface area (Å²) in [5, 5.41) is 6.54. The summed E-state index contributed by atoms with van der Waals surface area (Å²) in [4.78, 5) is 11.7. The summed E-state index contributed by atoms with van der Waals surface area (Å²) in [6.07, 6.45) is 1.63. The van der Waals surface area contributed by atoms with Crippen LogP contribution in [-0.4, -0.2) is 26.0 Å². The molecule has 0 aliphatic carbocycles. The molecule has 0 unspecified atom stereocenters. The van der Waals surface area contributed by atoms with E-state index in [1.807, 2.05) is 30.3 Å². The quantitative estimate of drug-likeness (QED) is 0.681. The van der Waals surface area contributed by atoms with Crippen LogP contribution in [0.5, 0.6) is 0 Å². The van der Waals surface area contributed by atoms with Crippen molar-refractivity contribution < 1.29 is 17.7 Å². The van der Waals surface area contributed by atoms with Crippen molar-refractivity contribution in [2.45, 2.75) is 38.5 Å². The van der Waals surface area contributed by atoms with Crippen molar-refractivity contribution >= 4 is 27.5 Å². The van der Waals surface area contributed by atoms with Gasteiger partial charge in [0.2, 0.25) is 11.8 Å². The lowest BCUT2D eigenvalue weighted by Gasteiger charge is -2.31. The minimum atomic E-state index is -3.77. The van der Waals surface area contributed by atoms with E-state index in [1.165, 1.54) is 11.2 Å². The Morgan fingerprint density at radius 3 is 2.70 bits per heavy atom. The fourth-order valence-electron chi connectivity index (χ4n) is 3.86. The van der Waals surface area contributed by atoms with E-state index in [0.29, 0.717) is 28.9 Å². The number of nitrogens with one attached hydrogen (secondary N) is 1. The molecule has 1 aromatic heterocycles. The number of sulfonamides is 1. The molecular weight excluding hydrogens is 402 g/mol. The van der Waals surface area contributed by atoms with Crippen LogP contribution in [0.3, 0.4) is 0 Å². The van der Waals surface area contributed by atoms with Crippen LogP contribution in [0.2, 0.25) is 0 Å². The number of nitrogens with zero attached hydrogens (tertiary/aromatic N) is 2. The Labute approximate surface area is 175 Å². The van der Waals surface area contributed by atoms with E-state index in [2.05, 4.69) is 10.5 Å². The highest BCUT2D eigenvalue weighted by Crippen LogP contribution is 2.37. The average Bonchev–Trinajstić information content (AvgIpc) is 3.07. The molecule has 1 aliphatic rings. The zero-order valence-electron chi connectivity index (χ0n) is 17.1. The Morgan fingerprint density at radius 2 is 1.93 bits per heavy atom. The standard InChI is InChI=1S/C22H23N3O4S/c1-14-10-11-18(21-15(2)24-29-22(21)23-16(3)26)13-20(14)30(27,28)25-12-6-8-17-7-4-5-9-19(17)25/h4-5,7,9-11,13H,6,8,12H2,1-3H3,(H,23,26). The van der Waals surface area contributed by atoms with Gasteiger partial charge in [0.15, 0.2) is 0 Å². The monoisotopic (exact) mass is 425 g/mol. The molecule has 0 fully saturated rings. The number of anilines is 2. The number of carbonyl (C=O) groups excluding carboxylic acids is 1. The van der Waals surface area contributed by atoms with E-state index in [1.54, 1.807) is 26.0 Å². The molecule has 1 amide bonds. The van der Waals surface area contributed by atoms with Gasteiger partial charge >= 0.3 is 0 Å². The highest BCUT2D eigenvalue weighted by molar-refractivity contribution is 7.92. The maximum atomic E-state index is 13.7. The van der Waals surface area contributed by atoms with Crippen molar-refractivity contribution in [2.24, 2.45) is 0 Å². The Balaban J connectivity index is 1.82. The first-order valence-corrected chi connectivity index (χ1v) is 11.2. The molecule has 30 heavy (non-hydrogen) atoms. The van der Waals surface area contributed by atoms with E-state index in [-0.39, 0.29) is 16.7 Å². The van der Waals surface area contributed by atoms with Crippen molar-refractivity contribution in [1.29, 1.82) is 0 Å². The van der Waals surface area contributed by atoms with Crippen molar-refractivity contribution in [3.63, 3.8) is 0 Å². The molecule has 4 rings (SSSR count). The van der Waals surface area contributed by atoms with Gasteiger partial charge in [0, 0.05) is 13.5 Å². The number of rotatable bonds is 4. The summed E-state index contributed by atoms with van der Waals surface area (Å²) in [6, 6.07) is 12.8. The van der Waals surface area contributed by atoms with E-state index in [0.717, 1.165) is 24.1 Å². The second kappa shape index (κ2) is 7.60. The largest absolute Gasteiger partial charge is 0.337 e. The topological polar surface area (TPSA) is 92.5 Å². The minimum absolute atomic E-state index is 0.204. The van der Waals surface area contributed by atoms with Crippen LogP contribution in [-0.2, 0) is 21.2 Å². The molecule has 156 valence electrons. The van der Waals surface area contributed by atoms with Gasteiger partial charge in [-0.3, -0.25) is 14.4 Å². The van der Waals surface area contributed by atoms with Crippen LogP contribution in [0.15, 0.2) is 51.9 Å². The normalized spacial score (nSPS) is 13.8. The summed E-state index contributed by atoms with van der Waals surface area (Å²) in [5.74, 6) is -0.0900. The number of para-hydroxylation sites is 1. The van der Waals surface area contributed by atoms with Crippen LogP contribution in [0.25, 0.3) is 11.1 Å². The van der Waals surface area contributed by atoms with E-state index in [9.17, 15) is 13.2 Å². The molecule has 2 heterocycles. The summed E-state index contributed by atoms with van der Waals surface area (Å²) in [5.41, 5.74) is 4.16. The molecule has 1 aliphatic heterocycles. The summed E-state index contributed by atoms with van der Waals surface area (Å²) in [7, 11) is -3.77. The lowest BCUT2D eigenvalue weighted by atomic mass is 10.0. The Bertz CT molecular complexity index is 1230. The lowest BCUT2D eigenvalue weighted by Crippen LogP contribution is -2.35.